The van der Waals surface area contributed by atoms with Gasteiger partial charge in [0.05, 0.1) is 16.5 Å². The molecule has 0 saturated carbocycles. The molecule has 1 N–H and O–H groups in total. The molecule has 2 aromatic carbocycles. The molecule has 3 aromatic rings. The van der Waals surface area contributed by atoms with Crippen molar-refractivity contribution in [2.45, 2.75) is 37.5 Å². The van der Waals surface area contributed by atoms with Crippen molar-refractivity contribution in [1.29, 1.82) is 0 Å². The maximum absolute atomic E-state index is 13.1. The molecule has 0 spiro atoms. The zero-order valence-corrected chi connectivity index (χ0v) is 21.6. The second kappa shape index (κ2) is 10.7. The van der Waals surface area contributed by atoms with Crippen LogP contribution < -0.4 is 14.4 Å². The number of nitrogens with zero attached hydrogens (tertiary/aromatic N) is 5. The lowest BCUT2D eigenvalue weighted by molar-refractivity contribution is -0.137. The zero-order valence-electron chi connectivity index (χ0n) is 20.7. The van der Waals surface area contributed by atoms with Gasteiger partial charge in [0.1, 0.15) is 5.75 Å². The molecule has 0 amide bonds. The Balaban J connectivity index is 1.51. The summed E-state index contributed by atoms with van der Waals surface area (Å²) in [4.78, 5) is 4.05. The summed E-state index contributed by atoms with van der Waals surface area (Å²) in [6.45, 7) is 7.48. The van der Waals surface area contributed by atoms with Gasteiger partial charge < -0.3 is 14.5 Å². The van der Waals surface area contributed by atoms with Gasteiger partial charge in [-0.25, -0.2) is 13.1 Å². The van der Waals surface area contributed by atoms with Crippen molar-refractivity contribution < 1.29 is 26.3 Å². The maximum Gasteiger partial charge on any atom is 0.416 e. The van der Waals surface area contributed by atoms with Gasteiger partial charge >= 0.3 is 12.2 Å². The molecular formula is C24H29F3N6O3S. The van der Waals surface area contributed by atoms with Crippen molar-refractivity contribution in [3.05, 3.63) is 59.9 Å². The molecule has 13 heteroatoms. The molecule has 9 nitrogen and oxygen atoms in total. The summed E-state index contributed by atoms with van der Waals surface area (Å²) in [5.74, 6) is 0.825. The lowest BCUT2D eigenvalue weighted by atomic mass is 10.2. The van der Waals surface area contributed by atoms with Crippen LogP contribution in [0, 0.1) is 0 Å². The number of ether oxygens (including phenoxy) is 1. The van der Waals surface area contributed by atoms with Crippen LogP contribution in [-0.2, 0) is 22.7 Å². The van der Waals surface area contributed by atoms with Gasteiger partial charge in [-0.3, -0.25) is 4.57 Å². The van der Waals surface area contributed by atoms with Crippen LogP contribution in [0.4, 0.5) is 18.9 Å². The van der Waals surface area contributed by atoms with Gasteiger partial charge in [-0.1, -0.05) is 17.2 Å². The summed E-state index contributed by atoms with van der Waals surface area (Å²) < 4.78 is 74.8. The van der Waals surface area contributed by atoms with Crippen LogP contribution in [0.25, 0.3) is 0 Å². The van der Waals surface area contributed by atoms with E-state index in [-0.39, 0.29) is 11.8 Å². The van der Waals surface area contributed by atoms with Crippen LogP contribution in [0.1, 0.15) is 31.3 Å². The molecule has 0 unspecified atom stereocenters. The molecule has 1 saturated heterocycles. The minimum absolute atomic E-state index is 0.179. The first-order valence-electron chi connectivity index (χ1n) is 11.8. The van der Waals surface area contributed by atoms with E-state index in [2.05, 4.69) is 31.8 Å². The molecule has 2 heterocycles. The number of hydrogen-bond donors (Lipinski definition) is 1. The van der Waals surface area contributed by atoms with E-state index in [1.165, 1.54) is 0 Å². The largest absolute Gasteiger partial charge is 0.424 e. The summed E-state index contributed by atoms with van der Waals surface area (Å²) in [6.07, 6.45) is -4.66. The summed E-state index contributed by atoms with van der Waals surface area (Å²) in [6, 6.07) is 10.5. The third-order valence-corrected chi connectivity index (χ3v) is 7.69. The number of rotatable bonds is 8. The van der Waals surface area contributed by atoms with E-state index >= 15 is 0 Å². The second-order valence-electron chi connectivity index (χ2n) is 8.84. The van der Waals surface area contributed by atoms with Crippen LogP contribution >= 0.6 is 0 Å². The summed E-state index contributed by atoms with van der Waals surface area (Å²) >= 11 is 0. The van der Waals surface area contributed by atoms with Crippen molar-refractivity contribution in [2.75, 3.05) is 38.1 Å². The Labute approximate surface area is 213 Å². The fourth-order valence-corrected chi connectivity index (χ4v) is 5.35. The van der Waals surface area contributed by atoms with Crippen LogP contribution in [0.2, 0.25) is 0 Å². The first-order valence-corrected chi connectivity index (χ1v) is 13.3. The second-order valence-corrected chi connectivity index (χ2v) is 10.6. The van der Waals surface area contributed by atoms with Crippen LogP contribution in [0.3, 0.4) is 0 Å². The predicted molar refractivity (Wildman–Crippen MR) is 132 cm³/mol. The quantitative estimate of drug-likeness (QED) is 0.465. The van der Waals surface area contributed by atoms with Gasteiger partial charge in [0.15, 0.2) is 5.82 Å². The highest BCUT2D eigenvalue weighted by atomic mass is 32.2. The van der Waals surface area contributed by atoms with E-state index in [0.717, 1.165) is 50.1 Å². The Morgan fingerprint density at radius 3 is 2.43 bits per heavy atom. The van der Waals surface area contributed by atoms with E-state index < -0.39 is 32.7 Å². The number of nitrogens with one attached hydrogen (secondary N) is 1. The molecule has 1 aromatic heterocycles. The molecule has 0 aliphatic carbocycles. The molecule has 200 valence electrons. The van der Waals surface area contributed by atoms with Crippen LogP contribution in [-0.4, -0.2) is 61.3 Å². The number of piperazine rings is 1. The normalized spacial score (nSPS) is 16.1. The molecule has 1 aliphatic heterocycles. The van der Waals surface area contributed by atoms with E-state index in [9.17, 15) is 21.6 Å². The number of halogens is 3. The van der Waals surface area contributed by atoms with Crippen molar-refractivity contribution in [3.63, 3.8) is 0 Å². The number of likely N-dealkylation sites (N-methyl/N-ethyl adjacent to an activating group) is 1. The number of hydrogen-bond acceptors (Lipinski definition) is 7. The van der Waals surface area contributed by atoms with Crippen LogP contribution in [0.5, 0.6) is 11.8 Å². The lowest BCUT2D eigenvalue weighted by Gasteiger charge is -2.34. The number of benzene rings is 2. The minimum atomic E-state index is -4.66. The third kappa shape index (κ3) is 6.22. The smallest absolute Gasteiger partial charge is 0.416 e. The molecular weight excluding hydrogens is 509 g/mol. The number of sulfonamides is 1. The van der Waals surface area contributed by atoms with Gasteiger partial charge in [0.2, 0.25) is 10.0 Å². The monoisotopic (exact) mass is 538 g/mol. The summed E-state index contributed by atoms with van der Waals surface area (Å²) in [7, 11) is -2.18. The van der Waals surface area contributed by atoms with E-state index in [1.54, 1.807) is 17.6 Å². The fourth-order valence-electron chi connectivity index (χ4n) is 4.10. The van der Waals surface area contributed by atoms with Gasteiger partial charge in [-0.2, -0.15) is 13.2 Å². The van der Waals surface area contributed by atoms with Gasteiger partial charge in [-0.15, -0.1) is 5.10 Å². The Bertz CT molecular complexity index is 1340. The number of anilines is 1. The first-order chi connectivity index (χ1) is 17.5. The lowest BCUT2D eigenvalue weighted by Crippen LogP contribution is -2.44. The minimum Gasteiger partial charge on any atom is -0.424 e. The van der Waals surface area contributed by atoms with Gasteiger partial charge in [0.25, 0.3) is 0 Å². The van der Waals surface area contributed by atoms with Crippen molar-refractivity contribution >= 4 is 15.7 Å². The average molecular weight is 539 g/mol. The topological polar surface area (TPSA) is 92.6 Å². The van der Waals surface area contributed by atoms with Gasteiger partial charge in [0, 0.05) is 44.5 Å². The Hall–Kier alpha value is -3.16. The number of aromatic nitrogens is 3. The van der Waals surface area contributed by atoms with Crippen molar-refractivity contribution in [3.8, 4) is 11.8 Å². The Kier molecular flexibility index (Phi) is 7.76. The van der Waals surface area contributed by atoms with Crippen molar-refractivity contribution in [1.82, 2.24) is 24.4 Å². The first kappa shape index (κ1) is 26.9. The van der Waals surface area contributed by atoms with E-state index in [4.69, 9.17) is 4.74 Å². The molecule has 1 aliphatic rings. The maximum atomic E-state index is 13.1. The molecule has 1 fully saturated rings. The number of alkyl halides is 3. The van der Waals surface area contributed by atoms with Crippen molar-refractivity contribution in [2.24, 2.45) is 0 Å². The van der Waals surface area contributed by atoms with E-state index in [1.807, 2.05) is 25.1 Å². The summed E-state index contributed by atoms with van der Waals surface area (Å²) in [5, 5.41) is 8.19. The summed E-state index contributed by atoms with van der Waals surface area (Å²) in [5.41, 5.74) is -0.0233. The third-order valence-electron chi connectivity index (χ3n) is 6.15. The molecule has 4 rings (SSSR count). The molecule has 0 radical (unpaired) electrons. The highest BCUT2D eigenvalue weighted by molar-refractivity contribution is 7.89. The molecule has 37 heavy (non-hydrogen) atoms. The predicted octanol–water partition coefficient (Wildman–Crippen LogP) is 3.90. The Morgan fingerprint density at radius 2 is 1.76 bits per heavy atom. The zero-order chi connectivity index (χ0) is 26.8. The SMILES string of the molecule is CCn1c(Oc2cccc(N3CCN(C)CC3)c2)nnc1[C@@H](C)NS(=O)(=O)c1cccc(C(F)(F)F)c1. The van der Waals surface area contributed by atoms with E-state index in [0.29, 0.717) is 18.4 Å². The highest BCUT2D eigenvalue weighted by Gasteiger charge is 2.32. The molecule has 1 atom stereocenters. The average Bonchev–Trinajstić information content (AvgIpc) is 3.26. The Morgan fingerprint density at radius 1 is 1.05 bits per heavy atom. The molecule has 0 bridgehead atoms. The van der Waals surface area contributed by atoms with Gasteiger partial charge in [-0.05, 0) is 51.2 Å². The highest BCUT2D eigenvalue weighted by Crippen LogP contribution is 2.31. The van der Waals surface area contributed by atoms with Crippen LogP contribution in [0.15, 0.2) is 53.4 Å². The standard InChI is InChI=1S/C24H29F3N6O3S/c1-4-33-22(17(2)30-37(34,35)21-10-5-7-18(15-21)24(25,26)27)28-29-23(33)36-20-9-6-8-19(16-20)32-13-11-31(3)12-14-32/h5-10,15-17,30H,4,11-14H2,1-3H3/t17-/m1/s1. The fraction of sp³-hybridized carbons (Fsp3) is 0.417.